The standard InChI is InChI=1S/C22H31N5O3/c1-15-16(2)30-21(25-15)14-27-8-6-17(7-9-27)13-24-22(23)26-18-4-5-19-20(12-18)29-11-3-10-28-19/h4-5,12,17H,3,6-11,13-14H2,1-2H3,(H3,23,24,26). The summed E-state index contributed by atoms with van der Waals surface area (Å²) in [5.41, 5.74) is 7.94. The number of nitrogens with one attached hydrogen (secondary N) is 1. The van der Waals surface area contributed by atoms with Crippen molar-refractivity contribution in [3.05, 3.63) is 35.5 Å². The van der Waals surface area contributed by atoms with E-state index in [1.807, 2.05) is 32.0 Å². The SMILES string of the molecule is Cc1nc(CN2CCC(CN=C(N)Nc3ccc4c(c3)OCCCO4)CC2)oc1C. The normalized spacial score (nSPS) is 18.3. The number of aromatic nitrogens is 1. The van der Waals surface area contributed by atoms with Crippen LogP contribution in [0.25, 0.3) is 0 Å². The van der Waals surface area contributed by atoms with Crippen LogP contribution in [0.4, 0.5) is 5.69 Å². The molecule has 3 N–H and O–H groups in total. The van der Waals surface area contributed by atoms with E-state index >= 15 is 0 Å². The van der Waals surface area contributed by atoms with Gasteiger partial charge in [0.15, 0.2) is 17.5 Å². The molecule has 0 aliphatic carbocycles. The molecule has 2 aliphatic heterocycles. The number of nitrogens with zero attached hydrogens (tertiary/aromatic N) is 3. The van der Waals surface area contributed by atoms with Crippen LogP contribution in [0.1, 0.15) is 36.6 Å². The van der Waals surface area contributed by atoms with Crippen LogP contribution in [0.15, 0.2) is 27.6 Å². The molecule has 0 atom stereocenters. The predicted molar refractivity (Wildman–Crippen MR) is 116 cm³/mol. The summed E-state index contributed by atoms with van der Waals surface area (Å²) in [6.45, 7) is 8.84. The molecule has 0 radical (unpaired) electrons. The minimum Gasteiger partial charge on any atom is -0.490 e. The zero-order chi connectivity index (χ0) is 20.9. The molecule has 1 fully saturated rings. The lowest BCUT2D eigenvalue weighted by Crippen LogP contribution is -2.34. The van der Waals surface area contributed by atoms with Crippen molar-refractivity contribution in [3.8, 4) is 11.5 Å². The molecule has 0 spiro atoms. The highest BCUT2D eigenvalue weighted by Crippen LogP contribution is 2.32. The van der Waals surface area contributed by atoms with Crippen molar-refractivity contribution >= 4 is 11.6 Å². The molecule has 1 aromatic carbocycles. The van der Waals surface area contributed by atoms with Crippen LogP contribution in [-0.2, 0) is 6.54 Å². The van der Waals surface area contributed by atoms with E-state index in [4.69, 9.17) is 19.6 Å². The zero-order valence-electron chi connectivity index (χ0n) is 17.8. The lowest BCUT2D eigenvalue weighted by atomic mass is 9.97. The summed E-state index contributed by atoms with van der Waals surface area (Å²) in [5, 5.41) is 3.16. The van der Waals surface area contributed by atoms with E-state index in [1.54, 1.807) is 0 Å². The monoisotopic (exact) mass is 413 g/mol. The molecule has 3 heterocycles. The first-order valence-corrected chi connectivity index (χ1v) is 10.7. The molecule has 0 bridgehead atoms. The molecular weight excluding hydrogens is 382 g/mol. The van der Waals surface area contributed by atoms with E-state index in [1.165, 1.54) is 0 Å². The molecular formula is C22H31N5O3. The predicted octanol–water partition coefficient (Wildman–Crippen LogP) is 3.09. The molecule has 1 aromatic heterocycles. The summed E-state index contributed by atoms with van der Waals surface area (Å²) in [4.78, 5) is 11.4. The molecule has 1 saturated heterocycles. The Bertz CT molecular complexity index is 867. The third-order valence-electron chi connectivity index (χ3n) is 5.68. The van der Waals surface area contributed by atoms with Crippen LogP contribution < -0.4 is 20.5 Å². The van der Waals surface area contributed by atoms with E-state index in [0.717, 1.165) is 80.0 Å². The van der Waals surface area contributed by atoms with Gasteiger partial charge < -0.3 is 24.9 Å². The number of fused-ring (bicyclic) bond motifs is 1. The number of anilines is 1. The smallest absolute Gasteiger partial charge is 0.208 e. The average Bonchev–Trinajstić information content (AvgIpc) is 2.92. The highest BCUT2D eigenvalue weighted by atomic mass is 16.5. The summed E-state index contributed by atoms with van der Waals surface area (Å²) < 4.78 is 17.1. The fraction of sp³-hybridized carbons (Fsp3) is 0.545. The molecule has 8 nitrogen and oxygen atoms in total. The number of hydrogen-bond donors (Lipinski definition) is 2. The molecule has 2 aliphatic rings. The van der Waals surface area contributed by atoms with Crippen molar-refractivity contribution in [3.63, 3.8) is 0 Å². The lowest BCUT2D eigenvalue weighted by molar-refractivity contribution is 0.166. The number of benzene rings is 1. The molecule has 4 rings (SSSR count). The van der Waals surface area contributed by atoms with Crippen LogP contribution in [0.3, 0.4) is 0 Å². The summed E-state index contributed by atoms with van der Waals surface area (Å²) in [7, 11) is 0. The maximum atomic E-state index is 6.11. The Labute approximate surface area is 177 Å². The van der Waals surface area contributed by atoms with Gasteiger partial charge in [-0.05, 0) is 57.8 Å². The van der Waals surface area contributed by atoms with Crippen LogP contribution in [-0.4, -0.2) is 48.7 Å². The number of hydrogen-bond acceptors (Lipinski definition) is 6. The van der Waals surface area contributed by atoms with Crippen LogP contribution in [0.2, 0.25) is 0 Å². The number of nitrogens with two attached hydrogens (primary N) is 1. The summed E-state index contributed by atoms with van der Waals surface area (Å²) >= 11 is 0. The van der Waals surface area contributed by atoms with Crippen molar-refractivity contribution in [2.75, 3.05) is 38.2 Å². The van der Waals surface area contributed by atoms with Gasteiger partial charge in [0.05, 0.1) is 25.5 Å². The fourth-order valence-electron chi connectivity index (χ4n) is 3.78. The van der Waals surface area contributed by atoms with Crippen LogP contribution in [0.5, 0.6) is 11.5 Å². The van der Waals surface area contributed by atoms with Gasteiger partial charge in [0.2, 0.25) is 5.89 Å². The zero-order valence-corrected chi connectivity index (χ0v) is 17.8. The van der Waals surface area contributed by atoms with Crippen molar-refractivity contribution < 1.29 is 13.9 Å². The topological polar surface area (TPSA) is 98.1 Å². The highest BCUT2D eigenvalue weighted by molar-refractivity contribution is 5.92. The van der Waals surface area contributed by atoms with Crippen molar-refractivity contribution in [2.45, 2.75) is 39.7 Å². The van der Waals surface area contributed by atoms with E-state index in [0.29, 0.717) is 25.1 Å². The van der Waals surface area contributed by atoms with Gasteiger partial charge in [-0.3, -0.25) is 9.89 Å². The second-order valence-corrected chi connectivity index (χ2v) is 8.03. The van der Waals surface area contributed by atoms with Gasteiger partial charge in [-0.1, -0.05) is 0 Å². The molecule has 0 unspecified atom stereocenters. The number of piperidine rings is 1. The second-order valence-electron chi connectivity index (χ2n) is 8.03. The summed E-state index contributed by atoms with van der Waals surface area (Å²) in [6, 6.07) is 5.75. The second kappa shape index (κ2) is 9.38. The third-order valence-corrected chi connectivity index (χ3v) is 5.68. The van der Waals surface area contributed by atoms with Crippen LogP contribution >= 0.6 is 0 Å². The van der Waals surface area contributed by atoms with Gasteiger partial charge >= 0.3 is 0 Å². The number of aliphatic imine (C=N–C) groups is 1. The Morgan fingerprint density at radius 3 is 2.70 bits per heavy atom. The maximum absolute atomic E-state index is 6.11. The Balaban J connectivity index is 1.24. The molecule has 0 saturated carbocycles. The van der Waals surface area contributed by atoms with Crippen LogP contribution in [0, 0.1) is 19.8 Å². The quantitative estimate of drug-likeness (QED) is 0.574. The molecule has 162 valence electrons. The van der Waals surface area contributed by atoms with Gasteiger partial charge in [0, 0.05) is 24.7 Å². The first-order valence-electron chi connectivity index (χ1n) is 10.7. The maximum Gasteiger partial charge on any atom is 0.208 e. The average molecular weight is 414 g/mol. The minimum absolute atomic E-state index is 0.428. The van der Waals surface area contributed by atoms with Gasteiger partial charge in [-0.25, -0.2) is 4.98 Å². The Morgan fingerprint density at radius 1 is 1.20 bits per heavy atom. The fourth-order valence-corrected chi connectivity index (χ4v) is 3.78. The van der Waals surface area contributed by atoms with E-state index in [-0.39, 0.29) is 0 Å². The highest BCUT2D eigenvalue weighted by Gasteiger charge is 2.21. The number of guanidine groups is 1. The molecule has 2 aromatic rings. The van der Waals surface area contributed by atoms with Gasteiger partial charge in [-0.2, -0.15) is 0 Å². The van der Waals surface area contributed by atoms with Crippen molar-refractivity contribution in [1.29, 1.82) is 0 Å². The third kappa shape index (κ3) is 5.24. The molecule has 30 heavy (non-hydrogen) atoms. The summed E-state index contributed by atoms with van der Waals surface area (Å²) in [6.07, 6.45) is 3.08. The number of rotatable bonds is 5. The van der Waals surface area contributed by atoms with Gasteiger partial charge in [0.1, 0.15) is 5.76 Å². The van der Waals surface area contributed by atoms with Gasteiger partial charge in [-0.15, -0.1) is 0 Å². The van der Waals surface area contributed by atoms with E-state index < -0.39 is 0 Å². The first kappa shape index (κ1) is 20.5. The Morgan fingerprint density at radius 2 is 1.97 bits per heavy atom. The van der Waals surface area contributed by atoms with Gasteiger partial charge in [0.25, 0.3) is 0 Å². The van der Waals surface area contributed by atoms with E-state index in [9.17, 15) is 0 Å². The Hall–Kier alpha value is -2.74. The van der Waals surface area contributed by atoms with Crippen molar-refractivity contribution in [1.82, 2.24) is 9.88 Å². The van der Waals surface area contributed by atoms with Crippen molar-refractivity contribution in [2.24, 2.45) is 16.6 Å². The molecule has 0 amide bonds. The summed E-state index contributed by atoms with van der Waals surface area (Å²) in [5.74, 6) is 4.20. The first-order chi connectivity index (χ1) is 14.6. The number of oxazole rings is 1. The number of ether oxygens (including phenoxy) is 2. The Kier molecular flexibility index (Phi) is 6.42. The minimum atomic E-state index is 0.428. The van der Waals surface area contributed by atoms with E-state index in [2.05, 4.69) is 20.2 Å². The largest absolute Gasteiger partial charge is 0.490 e. The number of aryl methyl sites for hydroxylation is 2. The molecule has 8 heteroatoms. The number of likely N-dealkylation sites (tertiary alicyclic amines) is 1. The lowest BCUT2D eigenvalue weighted by Gasteiger charge is -2.30.